The van der Waals surface area contributed by atoms with E-state index in [4.69, 9.17) is 5.11 Å². The SMILES string of the molecule is CCC[C@@H](C(=O)O)[C@@H](C)CC(=O)Nc1ccc(C(=O)O)cc1. The first-order valence-corrected chi connectivity index (χ1v) is 7.21. The summed E-state index contributed by atoms with van der Waals surface area (Å²) >= 11 is 0. The number of amides is 1. The van der Waals surface area contributed by atoms with Gasteiger partial charge >= 0.3 is 11.9 Å². The highest BCUT2D eigenvalue weighted by atomic mass is 16.4. The molecule has 0 bridgehead atoms. The van der Waals surface area contributed by atoms with Crippen LogP contribution in [-0.2, 0) is 9.59 Å². The van der Waals surface area contributed by atoms with Crippen LogP contribution in [0.2, 0.25) is 0 Å². The fourth-order valence-corrected chi connectivity index (χ4v) is 2.31. The Bertz CT molecular complexity index is 538. The second-order valence-corrected chi connectivity index (χ2v) is 5.35. The van der Waals surface area contributed by atoms with Crippen LogP contribution in [0.1, 0.15) is 43.5 Å². The standard InChI is InChI=1S/C16H21NO5/c1-3-4-13(16(21)22)10(2)9-14(18)17-12-7-5-11(6-8-12)15(19)20/h5-8,10,13H,3-4,9H2,1-2H3,(H,17,18)(H,19,20)(H,21,22)/t10-,13+/m0/s1. The van der Waals surface area contributed by atoms with Crippen molar-refractivity contribution in [2.75, 3.05) is 5.32 Å². The fourth-order valence-electron chi connectivity index (χ4n) is 2.31. The number of nitrogens with one attached hydrogen (secondary N) is 1. The Morgan fingerprint density at radius 3 is 2.18 bits per heavy atom. The Balaban J connectivity index is 2.61. The number of carboxylic acid groups (broad SMARTS) is 2. The van der Waals surface area contributed by atoms with Crippen LogP contribution in [0.3, 0.4) is 0 Å². The summed E-state index contributed by atoms with van der Waals surface area (Å²) in [5.41, 5.74) is 0.629. The first kappa shape index (κ1) is 17.7. The third-order valence-electron chi connectivity index (χ3n) is 3.53. The van der Waals surface area contributed by atoms with Crippen LogP contribution in [0.15, 0.2) is 24.3 Å². The minimum atomic E-state index is -1.03. The molecule has 3 N–H and O–H groups in total. The Morgan fingerprint density at radius 1 is 1.14 bits per heavy atom. The molecule has 1 aromatic rings. The number of anilines is 1. The van der Waals surface area contributed by atoms with Crippen molar-refractivity contribution in [2.45, 2.75) is 33.1 Å². The van der Waals surface area contributed by atoms with Gasteiger partial charge in [0, 0.05) is 12.1 Å². The summed E-state index contributed by atoms with van der Waals surface area (Å²) in [6.07, 6.45) is 1.40. The second kappa shape index (κ2) is 8.17. The Hall–Kier alpha value is -2.37. The zero-order valence-electron chi connectivity index (χ0n) is 12.7. The van der Waals surface area contributed by atoms with E-state index in [0.29, 0.717) is 12.1 Å². The molecule has 0 heterocycles. The van der Waals surface area contributed by atoms with Gasteiger partial charge in [0.05, 0.1) is 11.5 Å². The van der Waals surface area contributed by atoms with Gasteiger partial charge in [-0.05, 0) is 36.6 Å². The lowest BCUT2D eigenvalue weighted by Crippen LogP contribution is -2.25. The van der Waals surface area contributed by atoms with Crippen molar-refractivity contribution < 1.29 is 24.6 Å². The van der Waals surface area contributed by atoms with E-state index in [9.17, 15) is 19.5 Å². The zero-order chi connectivity index (χ0) is 16.7. The third kappa shape index (κ3) is 5.20. The van der Waals surface area contributed by atoms with E-state index in [-0.39, 0.29) is 23.8 Å². The molecule has 120 valence electrons. The number of rotatable bonds is 8. The molecule has 0 aliphatic heterocycles. The van der Waals surface area contributed by atoms with Crippen LogP contribution in [-0.4, -0.2) is 28.1 Å². The summed E-state index contributed by atoms with van der Waals surface area (Å²) in [5, 5.41) is 20.6. The highest BCUT2D eigenvalue weighted by Gasteiger charge is 2.25. The minimum Gasteiger partial charge on any atom is -0.481 e. The lowest BCUT2D eigenvalue weighted by Gasteiger charge is -2.19. The smallest absolute Gasteiger partial charge is 0.335 e. The van der Waals surface area contributed by atoms with Gasteiger partial charge in [-0.15, -0.1) is 0 Å². The Morgan fingerprint density at radius 2 is 1.73 bits per heavy atom. The zero-order valence-corrected chi connectivity index (χ0v) is 12.7. The van der Waals surface area contributed by atoms with Crippen LogP contribution in [0, 0.1) is 11.8 Å². The van der Waals surface area contributed by atoms with Crippen LogP contribution < -0.4 is 5.32 Å². The van der Waals surface area contributed by atoms with Crippen molar-refractivity contribution >= 4 is 23.5 Å². The fraction of sp³-hybridized carbons (Fsp3) is 0.438. The summed E-state index contributed by atoms with van der Waals surface area (Å²) < 4.78 is 0. The molecule has 0 spiro atoms. The van der Waals surface area contributed by atoms with Crippen molar-refractivity contribution in [2.24, 2.45) is 11.8 Å². The van der Waals surface area contributed by atoms with Gasteiger partial charge in [0.1, 0.15) is 0 Å². The molecule has 6 nitrogen and oxygen atoms in total. The van der Waals surface area contributed by atoms with Crippen molar-refractivity contribution in [1.82, 2.24) is 0 Å². The number of hydrogen-bond donors (Lipinski definition) is 3. The number of carboxylic acids is 2. The topological polar surface area (TPSA) is 104 Å². The van der Waals surface area contributed by atoms with Gasteiger partial charge in [0.15, 0.2) is 0 Å². The first-order chi connectivity index (χ1) is 10.3. The van der Waals surface area contributed by atoms with E-state index >= 15 is 0 Å². The second-order valence-electron chi connectivity index (χ2n) is 5.35. The lowest BCUT2D eigenvalue weighted by molar-refractivity contribution is -0.144. The molecule has 0 aliphatic rings. The average molecular weight is 307 g/mol. The molecular formula is C16H21NO5. The highest BCUT2D eigenvalue weighted by Crippen LogP contribution is 2.22. The molecule has 22 heavy (non-hydrogen) atoms. The molecular weight excluding hydrogens is 286 g/mol. The molecule has 0 saturated carbocycles. The number of carbonyl (C=O) groups is 3. The molecule has 0 radical (unpaired) electrons. The summed E-state index contributed by atoms with van der Waals surface area (Å²) in [6.45, 7) is 3.66. The predicted octanol–water partition coefficient (Wildman–Crippen LogP) is 2.85. The predicted molar refractivity (Wildman–Crippen MR) is 81.8 cm³/mol. The molecule has 1 amide bonds. The minimum absolute atomic E-state index is 0.109. The molecule has 0 unspecified atom stereocenters. The summed E-state index contributed by atoms with van der Waals surface area (Å²) in [7, 11) is 0. The molecule has 0 aliphatic carbocycles. The first-order valence-electron chi connectivity index (χ1n) is 7.21. The van der Waals surface area contributed by atoms with Gasteiger partial charge in [-0.25, -0.2) is 4.79 Å². The summed E-state index contributed by atoms with van der Waals surface area (Å²) in [6, 6.07) is 5.82. The van der Waals surface area contributed by atoms with Gasteiger partial charge in [-0.2, -0.15) is 0 Å². The molecule has 0 saturated heterocycles. The number of aromatic carboxylic acids is 1. The van der Waals surface area contributed by atoms with Crippen molar-refractivity contribution in [3.8, 4) is 0 Å². The van der Waals surface area contributed by atoms with Crippen molar-refractivity contribution in [3.63, 3.8) is 0 Å². The van der Waals surface area contributed by atoms with E-state index in [1.54, 1.807) is 6.92 Å². The van der Waals surface area contributed by atoms with Gasteiger partial charge in [-0.3, -0.25) is 9.59 Å². The maximum absolute atomic E-state index is 12.0. The van der Waals surface area contributed by atoms with E-state index < -0.39 is 17.9 Å². The number of aliphatic carboxylic acids is 1. The number of hydrogen-bond acceptors (Lipinski definition) is 3. The molecule has 0 fully saturated rings. The van der Waals surface area contributed by atoms with Gasteiger partial charge < -0.3 is 15.5 Å². The molecule has 2 atom stereocenters. The largest absolute Gasteiger partial charge is 0.481 e. The Labute approximate surface area is 129 Å². The maximum Gasteiger partial charge on any atom is 0.335 e. The van der Waals surface area contributed by atoms with Crippen molar-refractivity contribution in [1.29, 1.82) is 0 Å². The normalized spacial score (nSPS) is 13.2. The van der Waals surface area contributed by atoms with E-state index in [2.05, 4.69) is 5.32 Å². The summed E-state index contributed by atoms with van der Waals surface area (Å²) in [4.78, 5) is 33.9. The van der Waals surface area contributed by atoms with Crippen LogP contribution in [0.4, 0.5) is 5.69 Å². The summed E-state index contributed by atoms with van der Waals surface area (Å²) in [5.74, 6) is -3.00. The number of carbonyl (C=O) groups excluding carboxylic acids is 1. The maximum atomic E-state index is 12.0. The van der Waals surface area contributed by atoms with Gasteiger partial charge in [0.2, 0.25) is 5.91 Å². The van der Waals surface area contributed by atoms with E-state index in [1.807, 2.05) is 6.92 Å². The molecule has 6 heteroatoms. The van der Waals surface area contributed by atoms with Crippen LogP contribution in [0.25, 0.3) is 0 Å². The monoisotopic (exact) mass is 307 g/mol. The van der Waals surface area contributed by atoms with Gasteiger partial charge in [0.25, 0.3) is 0 Å². The van der Waals surface area contributed by atoms with Crippen LogP contribution in [0.5, 0.6) is 0 Å². The van der Waals surface area contributed by atoms with Crippen LogP contribution >= 0.6 is 0 Å². The highest BCUT2D eigenvalue weighted by molar-refractivity contribution is 5.92. The third-order valence-corrected chi connectivity index (χ3v) is 3.53. The van der Waals surface area contributed by atoms with E-state index in [0.717, 1.165) is 6.42 Å². The van der Waals surface area contributed by atoms with Gasteiger partial charge in [-0.1, -0.05) is 20.3 Å². The molecule has 1 rings (SSSR count). The molecule has 0 aromatic heterocycles. The average Bonchev–Trinajstić information content (AvgIpc) is 2.44. The quantitative estimate of drug-likeness (QED) is 0.685. The number of benzene rings is 1. The Kier molecular flexibility index (Phi) is 6.56. The van der Waals surface area contributed by atoms with E-state index in [1.165, 1.54) is 24.3 Å². The van der Waals surface area contributed by atoms with Crippen molar-refractivity contribution in [3.05, 3.63) is 29.8 Å². The lowest BCUT2D eigenvalue weighted by atomic mass is 9.87. The molecule has 1 aromatic carbocycles.